The van der Waals surface area contributed by atoms with E-state index < -0.39 is 0 Å². The fourth-order valence-electron chi connectivity index (χ4n) is 2.73. The van der Waals surface area contributed by atoms with Crippen LogP contribution in [0.5, 0.6) is 0 Å². The summed E-state index contributed by atoms with van der Waals surface area (Å²) >= 11 is 0. The summed E-state index contributed by atoms with van der Waals surface area (Å²) in [4.78, 5) is 21.5. The van der Waals surface area contributed by atoms with Crippen molar-refractivity contribution in [1.29, 1.82) is 5.26 Å². The Balaban J connectivity index is 1.68. The summed E-state index contributed by atoms with van der Waals surface area (Å²) in [5.41, 5.74) is 1.79. The first kappa shape index (κ1) is 15.7. The van der Waals surface area contributed by atoms with Crippen LogP contribution in [0.25, 0.3) is 22.4 Å². The molecule has 0 unspecified atom stereocenters. The van der Waals surface area contributed by atoms with Gasteiger partial charge in [0.1, 0.15) is 5.82 Å². The molecule has 7 nitrogen and oxygen atoms in total. The molecule has 126 valence electrons. The molecule has 0 aliphatic rings. The molecule has 4 aromatic rings. The molecule has 0 fully saturated rings. The van der Waals surface area contributed by atoms with Crippen LogP contribution in [-0.2, 0) is 6.54 Å². The number of hydrogen-bond acceptors (Lipinski definition) is 6. The molecule has 26 heavy (non-hydrogen) atoms. The molecule has 4 rings (SSSR count). The lowest BCUT2D eigenvalue weighted by atomic mass is 10.1. The van der Waals surface area contributed by atoms with Gasteiger partial charge in [-0.05, 0) is 43.3 Å². The summed E-state index contributed by atoms with van der Waals surface area (Å²) in [6, 6.07) is 16.1. The van der Waals surface area contributed by atoms with Crippen LogP contribution in [0.1, 0.15) is 17.2 Å². The van der Waals surface area contributed by atoms with Gasteiger partial charge in [0.2, 0.25) is 0 Å². The maximum absolute atomic E-state index is 12.7. The minimum atomic E-state index is -0.141. The first-order valence-electron chi connectivity index (χ1n) is 7.95. The highest BCUT2D eigenvalue weighted by Crippen LogP contribution is 2.18. The van der Waals surface area contributed by atoms with E-state index in [1.165, 1.54) is 4.57 Å². The third kappa shape index (κ3) is 2.74. The minimum absolute atomic E-state index is 0.141. The number of aryl methyl sites for hydroxylation is 1. The molecule has 0 saturated carbocycles. The normalized spacial score (nSPS) is 10.8. The average Bonchev–Trinajstić information content (AvgIpc) is 3.14. The summed E-state index contributed by atoms with van der Waals surface area (Å²) in [5.74, 6) is 1.30. The Morgan fingerprint density at radius 1 is 1.12 bits per heavy atom. The summed E-state index contributed by atoms with van der Waals surface area (Å²) in [6.07, 6.45) is 0. The molecule has 0 saturated heterocycles. The molecule has 0 spiro atoms. The Morgan fingerprint density at radius 2 is 1.88 bits per heavy atom. The average molecular weight is 343 g/mol. The van der Waals surface area contributed by atoms with Crippen molar-refractivity contribution in [3.63, 3.8) is 0 Å². The number of para-hydroxylation sites is 1. The SMILES string of the molecule is Cc1nc2ccccc2c(=O)n1Cc1noc(-c2ccc(C#N)cc2)n1. The van der Waals surface area contributed by atoms with Crippen LogP contribution in [0, 0.1) is 18.3 Å². The van der Waals surface area contributed by atoms with Crippen molar-refractivity contribution in [2.45, 2.75) is 13.5 Å². The number of nitriles is 1. The van der Waals surface area contributed by atoms with Crippen molar-refractivity contribution in [2.75, 3.05) is 0 Å². The van der Waals surface area contributed by atoms with Crippen molar-refractivity contribution in [2.24, 2.45) is 0 Å². The second-order valence-corrected chi connectivity index (χ2v) is 5.77. The van der Waals surface area contributed by atoms with E-state index in [9.17, 15) is 4.79 Å². The van der Waals surface area contributed by atoms with E-state index in [4.69, 9.17) is 9.78 Å². The molecule has 2 heterocycles. The molecule has 2 aromatic carbocycles. The number of nitrogens with zero attached hydrogens (tertiary/aromatic N) is 5. The van der Waals surface area contributed by atoms with Crippen molar-refractivity contribution in [3.05, 3.63) is 76.1 Å². The molecule has 0 bridgehead atoms. The first-order valence-corrected chi connectivity index (χ1v) is 7.95. The summed E-state index contributed by atoms with van der Waals surface area (Å²) in [6.45, 7) is 1.94. The van der Waals surface area contributed by atoms with Gasteiger partial charge < -0.3 is 4.52 Å². The smallest absolute Gasteiger partial charge is 0.261 e. The van der Waals surface area contributed by atoms with Crippen LogP contribution in [0.3, 0.4) is 0 Å². The van der Waals surface area contributed by atoms with Crippen LogP contribution in [0.4, 0.5) is 0 Å². The lowest BCUT2D eigenvalue weighted by molar-refractivity contribution is 0.419. The van der Waals surface area contributed by atoms with Gasteiger partial charge in [-0.3, -0.25) is 9.36 Å². The van der Waals surface area contributed by atoms with E-state index in [2.05, 4.69) is 21.2 Å². The van der Waals surface area contributed by atoms with Crippen molar-refractivity contribution < 1.29 is 4.52 Å². The van der Waals surface area contributed by atoms with Crippen LogP contribution in [0.15, 0.2) is 57.8 Å². The molecule has 0 N–H and O–H groups in total. The largest absolute Gasteiger partial charge is 0.334 e. The van der Waals surface area contributed by atoms with Crippen LogP contribution < -0.4 is 5.56 Å². The van der Waals surface area contributed by atoms with Gasteiger partial charge in [0.05, 0.1) is 29.1 Å². The second kappa shape index (κ2) is 6.26. The molecular formula is C19H13N5O2. The molecule has 0 radical (unpaired) electrons. The predicted molar refractivity (Wildman–Crippen MR) is 94.3 cm³/mol. The lowest BCUT2D eigenvalue weighted by Crippen LogP contribution is -2.24. The number of fused-ring (bicyclic) bond motifs is 1. The minimum Gasteiger partial charge on any atom is -0.334 e. The standard InChI is InChI=1S/C19H13N5O2/c1-12-21-16-5-3-2-4-15(16)19(25)24(12)11-17-22-18(26-23-17)14-8-6-13(10-20)7-9-14/h2-9H,11H2,1H3. The van der Waals surface area contributed by atoms with Gasteiger partial charge in [0.15, 0.2) is 5.82 Å². The summed E-state index contributed by atoms with van der Waals surface area (Å²) in [5, 5.41) is 13.4. The molecule has 0 aliphatic carbocycles. The summed E-state index contributed by atoms with van der Waals surface area (Å²) < 4.78 is 6.81. The zero-order valence-corrected chi connectivity index (χ0v) is 13.9. The molecule has 7 heteroatoms. The summed E-state index contributed by atoms with van der Waals surface area (Å²) in [7, 11) is 0. The fraction of sp³-hybridized carbons (Fsp3) is 0.105. The molecule has 0 amide bonds. The van der Waals surface area contributed by atoms with Crippen LogP contribution >= 0.6 is 0 Å². The Morgan fingerprint density at radius 3 is 2.65 bits per heavy atom. The molecule has 0 aliphatic heterocycles. The van der Waals surface area contributed by atoms with Gasteiger partial charge >= 0.3 is 0 Å². The first-order chi connectivity index (χ1) is 12.7. The topological polar surface area (TPSA) is 97.6 Å². The fourth-order valence-corrected chi connectivity index (χ4v) is 2.73. The number of rotatable bonds is 3. The second-order valence-electron chi connectivity index (χ2n) is 5.77. The third-order valence-electron chi connectivity index (χ3n) is 4.08. The quantitative estimate of drug-likeness (QED) is 0.567. The van der Waals surface area contributed by atoms with E-state index in [0.717, 1.165) is 0 Å². The Hall–Kier alpha value is -3.79. The number of aromatic nitrogens is 4. The third-order valence-corrected chi connectivity index (χ3v) is 4.08. The number of benzene rings is 2. The van der Waals surface area contributed by atoms with Gasteiger partial charge in [-0.2, -0.15) is 10.2 Å². The highest BCUT2D eigenvalue weighted by molar-refractivity contribution is 5.77. The van der Waals surface area contributed by atoms with Crippen LogP contribution in [-0.4, -0.2) is 19.7 Å². The van der Waals surface area contributed by atoms with Gasteiger partial charge in [-0.1, -0.05) is 17.3 Å². The van der Waals surface area contributed by atoms with Gasteiger partial charge in [-0.15, -0.1) is 0 Å². The monoisotopic (exact) mass is 343 g/mol. The van der Waals surface area contributed by atoms with Gasteiger partial charge in [0, 0.05) is 5.56 Å². The van der Waals surface area contributed by atoms with Gasteiger partial charge in [-0.25, -0.2) is 4.98 Å². The highest BCUT2D eigenvalue weighted by atomic mass is 16.5. The highest BCUT2D eigenvalue weighted by Gasteiger charge is 2.13. The molecule has 0 atom stereocenters. The zero-order valence-electron chi connectivity index (χ0n) is 13.9. The van der Waals surface area contributed by atoms with E-state index in [-0.39, 0.29) is 12.1 Å². The Bertz CT molecular complexity index is 1200. The lowest BCUT2D eigenvalue weighted by Gasteiger charge is -2.08. The number of hydrogen-bond donors (Lipinski definition) is 0. The Kier molecular flexibility index (Phi) is 3.78. The zero-order chi connectivity index (χ0) is 18.1. The molecular weight excluding hydrogens is 330 g/mol. The van der Waals surface area contributed by atoms with E-state index in [1.807, 2.05) is 18.2 Å². The maximum atomic E-state index is 12.7. The predicted octanol–water partition coefficient (Wildman–Crippen LogP) is 2.67. The van der Waals surface area contributed by atoms with E-state index in [1.54, 1.807) is 37.3 Å². The van der Waals surface area contributed by atoms with E-state index >= 15 is 0 Å². The van der Waals surface area contributed by atoms with Crippen molar-refractivity contribution >= 4 is 10.9 Å². The van der Waals surface area contributed by atoms with Crippen LogP contribution in [0.2, 0.25) is 0 Å². The molecule has 2 aromatic heterocycles. The van der Waals surface area contributed by atoms with Crippen molar-refractivity contribution in [3.8, 4) is 17.5 Å². The maximum Gasteiger partial charge on any atom is 0.261 e. The Labute approximate surface area is 148 Å². The van der Waals surface area contributed by atoms with Crippen molar-refractivity contribution in [1.82, 2.24) is 19.7 Å². The van der Waals surface area contributed by atoms with Gasteiger partial charge in [0.25, 0.3) is 11.4 Å². The van der Waals surface area contributed by atoms with E-state index in [0.29, 0.717) is 39.6 Å².